The highest BCUT2D eigenvalue weighted by Gasteiger charge is 2.60. The lowest BCUT2D eigenvalue weighted by atomic mass is 9.52. The normalized spacial score (nSPS) is 45.4. The van der Waals surface area contributed by atoms with Crippen LogP contribution in [0.5, 0.6) is 0 Å². The molecule has 17 heavy (non-hydrogen) atoms. The lowest BCUT2D eigenvalue weighted by Gasteiger charge is -2.52. The Bertz CT molecular complexity index is 399. The van der Waals surface area contributed by atoms with Gasteiger partial charge in [0, 0.05) is 16.2 Å². The maximum Gasteiger partial charge on any atom is 0.232 e. The molecule has 0 aromatic carbocycles. The van der Waals surface area contributed by atoms with Crippen LogP contribution in [-0.4, -0.2) is 17.7 Å². The van der Waals surface area contributed by atoms with Gasteiger partial charge in [0.15, 0.2) is 0 Å². The molecule has 1 saturated carbocycles. The quantitative estimate of drug-likeness (QED) is 0.645. The zero-order chi connectivity index (χ0) is 13.1. The molecule has 2 bridgehead atoms. The lowest BCUT2D eigenvalue weighted by molar-refractivity contribution is -0.163. The molecule has 0 aromatic rings. The number of hydrogen-bond acceptors (Lipinski definition) is 3. The van der Waals surface area contributed by atoms with Gasteiger partial charge >= 0.3 is 0 Å². The topological polar surface area (TPSA) is 89.3 Å². The first-order valence-corrected chi connectivity index (χ1v) is 5.77. The van der Waals surface area contributed by atoms with Crippen molar-refractivity contribution < 1.29 is 14.4 Å². The summed E-state index contributed by atoms with van der Waals surface area (Å²) in [6.45, 7) is 5.34. The van der Waals surface area contributed by atoms with Gasteiger partial charge in [0.05, 0.1) is 0 Å². The van der Waals surface area contributed by atoms with E-state index in [9.17, 15) is 14.4 Å². The van der Waals surface area contributed by atoms with Gasteiger partial charge in [0.2, 0.25) is 17.7 Å². The maximum absolute atomic E-state index is 11.9. The van der Waals surface area contributed by atoms with Gasteiger partial charge in [0.25, 0.3) is 0 Å². The van der Waals surface area contributed by atoms with Crippen molar-refractivity contribution in [3.05, 3.63) is 0 Å². The molecule has 2 fully saturated rings. The Hall–Kier alpha value is -1.39. The summed E-state index contributed by atoms with van der Waals surface area (Å²) in [5.74, 6) is -1.00. The van der Waals surface area contributed by atoms with Crippen LogP contribution in [0.2, 0.25) is 0 Å². The van der Waals surface area contributed by atoms with Crippen molar-refractivity contribution in [1.82, 2.24) is 5.32 Å². The summed E-state index contributed by atoms with van der Waals surface area (Å²) >= 11 is 0. The lowest BCUT2D eigenvalue weighted by Crippen LogP contribution is -2.63. The van der Waals surface area contributed by atoms with E-state index in [0.717, 1.165) is 0 Å². The van der Waals surface area contributed by atoms with E-state index in [-0.39, 0.29) is 11.8 Å². The summed E-state index contributed by atoms with van der Waals surface area (Å²) < 4.78 is 0. The molecule has 3 N–H and O–H groups in total. The van der Waals surface area contributed by atoms with Crippen LogP contribution in [0.15, 0.2) is 0 Å². The molecule has 1 aliphatic carbocycles. The standard InChI is InChI=1S/C12H18N2O3/c1-10(7(13)15)4-11(2)6-12(3,5-10)9(17)14-8(11)16/h4-6H2,1-3H3,(H2,13,15)(H,14,16,17). The molecule has 1 saturated heterocycles. The van der Waals surface area contributed by atoms with E-state index in [1.54, 1.807) is 20.8 Å². The van der Waals surface area contributed by atoms with E-state index in [2.05, 4.69) is 5.32 Å². The van der Waals surface area contributed by atoms with E-state index in [1.165, 1.54) is 0 Å². The first-order valence-electron chi connectivity index (χ1n) is 5.77. The minimum absolute atomic E-state index is 0.285. The van der Waals surface area contributed by atoms with Gasteiger partial charge < -0.3 is 5.73 Å². The van der Waals surface area contributed by atoms with Crippen LogP contribution >= 0.6 is 0 Å². The van der Waals surface area contributed by atoms with Gasteiger partial charge in [0.1, 0.15) is 0 Å². The number of amides is 3. The van der Waals surface area contributed by atoms with E-state index in [4.69, 9.17) is 5.73 Å². The smallest absolute Gasteiger partial charge is 0.232 e. The van der Waals surface area contributed by atoms with E-state index >= 15 is 0 Å². The van der Waals surface area contributed by atoms with Crippen molar-refractivity contribution in [2.45, 2.75) is 40.0 Å². The fourth-order valence-electron chi connectivity index (χ4n) is 3.67. The van der Waals surface area contributed by atoms with Gasteiger partial charge in [-0.1, -0.05) is 20.8 Å². The average Bonchev–Trinajstić information content (AvgIpc) is 2.13. The van der Waals surface area contributed by atoms with E-state index < -0.39 is 22.2 Å². The van der Waals surface area contributed by atoms with Crippen LogP contribution < -0.4 is 11.1 Å². The predicted octanol–water partition coefficient (Wildman–Crippen LogP) is 0.331. The number of hydrogen-bond donors (Lipinski definition) is 2. The second kappa shape index (κ2) is 3.09. The van der Waals surface area contributed by atoms with Gasteiger partial charge in [-0.2, -0.15) is 0 Å². The molecule has 5 nitrogen and oxygen atoms in total. The van der Waals surface area contributed by atoms with Crippen molar-refractivity contribution in [3.8, 4) is 0 Å². The highest BCUT2D eigenvalue weighted by Crippen LogP contribution is 2.56. The number of primary amides is 1. The van der Waals surface area contributed by atoms with Crippen LogP contribution in [0.3, 0.4) is 0 Å². The first kappa shape index (κ1) is 12.1. The summed E-state index contributed by atoms with van der Waals surface area (Å²) in [7, 11) is 0. The molecule has 2 atom stereocenters. The number of piperidine rings is 1. The number of imide groups is 1. The highest BCUT2D eigenvalue weighted by molar-refractivity contribution is 6.04. The van der Waals surface area contributed by atoms with Gasteiger partial charge in [-0.25, -0.2) is 0 Å². The molecular weight excluding hydrogens is 220 g/mol. The minimum Gasteiger partial charge on any atom is -0.369 e. The number of carbonyl (C=O) groups is 3. The van der Waals surface area contributed by atoms with Crippen LogP contribution in [0, 0.1) is 16.2 Å². The molecule has 1 aliphatic heterocycles. The first-order chi connectivity index (χ1) is 7.61. The summed E-state index contributed by atoms with van der Waals surface area (Å²) in [4.78, 5) is 35.4. The Balaban J connectivity index is 2.48. The second-order valence-corrected chi connectivity index (χ2v) is 6.36. The largest absolute Gasteiger partial charge is 0.369 e. The Morgan fingerprint density at radius 3 is 1.82 bits per heavy atom. The van der Waals surface area contributed by atoms with Crippen LogP contribution in [-0.2, 0) is 14.4 Å². The zero-order valence-corrected chi connectivity index (χ0v) is 10.4. The van der Waals surface area contributed by atoms with Crippen molar-refractivity contribution in [2.24, 2.45) is 22.0 Å². The van der Waals surface area contributed by atoms with Gasteiger partial charge in [-0.3, -0.25) is 19.7 Å². The molecule has 0 spiro atoms. The average molecular weight is 238 g/mol. The van der Waals surface area contributed by atoms with E-state index in [1.807, 2.05) is 0 Å². The Morgan fingerprint density at radius 1 is 1.06 bits per heavy atom. The molecule has 1 heterocycles. The number of nitrogens with two attached hydrogens (primary N) is 1. The second-order valence-electron chi connectivity index (χ2n) is 6.36. The maximum atomic E-state index is 11.9. The van der Waals surface area contributed by atoms with Gasteiger partial charge in [-0.15, -0.1) is 0 Å². The molecular formula is C12H18N2O3. The Morgan fingerprint density at radius 2 is 1.47 bits per heavy atom. The minimum atomic E-state index is -0.783. The molecule has 0 radical (unpaired) electrons. The molecule has 0 aromatic heterocycles. The highest BCUT2D eigenvalue weighted by atomic mass is 16.2. The SMILES string of the molecule is CC1(C(N)=O)CC2(C)CC(C)(C1)C(=O)NC2=O. The molecule has 5 heteroatoms. The third-order valence-corrected chi connectivity index (χ3v) is 4.26. The number of fused-ring (bicyclic) bond motifs is 2. The summed E-state index contributed by atoms with van der Waals surface area (Å²) in [6, 6.07) is 0. The van der Waals surface area contributed by atoms with Crippen molar-refractivity contribution in [2.75, 3.05) is 0 Å². The summed E-state index contributed by atoms with van der Waals surface area (Å²) in [5.41, 5.74) is 3.30. The molecule has 2 unspecified atom stereocenters. The van der Waals surface area contributed by atoms with Crippen LogP contribution in [0.1, 0.15) is 40.0 Å². The summed E-state index contributed by atoms with van der Waals surface area (Å²) in [5, 5.41) is 2.41. The Kier molecular flexibility index (Phi) is 2.19. The Labute approximate surface area is 100 Å². The van der Waals surface area contributed by atoms with Crippen LogP contribution in [0.25, 0.3) is 0 Å². The third-order valence-electron chi connectivity index (χ3n) is 4.26. The fourth-order valence-corrected chi connectivity index (χ4v) is 3.67. The molecule has 2 aliphatic rings. The molecule has 3 amide bonds. The zero-order valence-electron chi connectivity index (χ0n) is 10.4. The number of nitrogens with one attached hydrogen (secondary N) is 1. The van der Waals surface area contributed by atoms with E-state index in [0.29, 0.717) is 19.3 Å². The summed E-state index contributed by atoms with van der Waals surface area (Å²) in [6.07, 6.45) is 1.31. The molecule has 2 rings (SSSR count). The van der Waals surface area contributed by atoms with Crippen molar-refractivity contribution in [1.29, 1.82) is 0 Å². The third kappa shape index (κ3) is 1.56. The van der Waals surface area contributed by atoms with Crippen molar-refractivity contribution in [3.63, 3.8) is 0 Å². The van der Waals surface area contributed by atoms with Crippen LogP contribution in [0.4, 0.5) is 0 Å². The van der Waals surface area contributed by atoms with Crippen molar-refractivity contribution >= 4 is 17.7 Å². The fraction of sp³-hybridized carbons (Fsp3) is 0.750. The molecule has 94 valence electrons. The monoisotopic (exact) mass is 238 g/mol. The van der Waals surface area contributed by atoms with Gasteiger partial charge in [-0.05, 0) is 19.3 Å². The number of rotatable bonds is 1. The predicted molar refractivity (Wildman–Crippen MR) is 60.5 cm³/mol. The number of carbonyl (C=O) groups excluding carboxylic acids is 3.